The van der Waals surface area contributed by atoms with Crippen molar-refractivity contribution in [3.8, 4) is 0 Å². The Hall–Kier alpha value is -1.42. The molecular formula is C21H33IN6S. The van der Waals surface area contributed by atoms with Gasteiger partial charge in [-0.05, 0) is 52.7 Å². The molecular weight excluding hydrogens is 495 g/mol. The van der Waals surface area contributed by atoms with Crippen LogP contribution in [0.4, 0.5) is 5.82 Å². The van der Waals surface area contributed by atoms with E-state index in [1.807, 2.05) is 13.0 Å². The number of thiazole rings is 1. The predicted molar refractivity (Wildman–Crippen MR) is 134 cm³/mol. The molecule has 1 fully saturated rings. The zero-order valence-electron chi connectivity index (χ0n) is 17.9. The van der Waals surface area contributed by atoms with E-state index in [4.69, 9.17) is 4.99 Å². The van der Waals surface area contributed by atoms with E-state index in [1.165, 1.54) is 4.88 Å². The Balaban J connectivity index is 0.00000300. The second-order valence-corrected chi connectivity index (χ2v) is 8.58. The molecule has 2 aromatic heterocycles. The van der Waals surface area contributed by atoms with Crippen molar-refractivity contribution in [3.05, 3.63) is 39.5 Å². The molecule has 1 aliphatic heterocycles. The van der Waals surface area contributed by atoms with Crippen LogP contribution in [0, 0.1) is 20.8 Å². The van der Waals surface area contributed by atoms with Gasteiger partial charge in [0.05, 0.1) is 10.7 Å². The Morgan fingerprint density at radius 2 is 1.97 bits per heavy atom. The molecule has 0 radical (unpaired) electrons. The van der Waals surface area contributed by atoms with E-state index < -0.39 is 0 Å². The number of aromatic nitrogens is 2. The number of rotatable bonds is 6. The molecule has 1 aliphatic rings. The number of halogens is 1. The molecule has 0 atom stereocenters. The molecule has 2 aromatic rings. The number of hydrogen-bond donors (Lipinski definition) is 2. The van der Waals surface area contributed by atoms with Crippen LogP contribution in [0.5, 0.6) is 0 Å². The third-order valence-electron chi connectivity index (χ3n) is 4.99. The van der Waals surface area contributed by atoms with E-state index >= 15 is 0 Å². The van der Waals surface area contributed by atoms with Crippen molar-refractivity contribution in [1.29, 1.82) is 0 Å². The number of aliphatic imine (C=N–C) groups is 1. The van der Waals surface area contributed by atoms with Crippen LogP contribution >= 0.6 is 35.3 Å². The second kappa shape index (κ2) is 11.7. The number of anilines is 1. The lowest BCUT2D eigenvalue weighted by molar-refractivity contribution is 0.459. The monoisotopic (exact) mass is 528 g/mol. The molecule has 2 N–H and O–H groups in total. The van der Waals surface area contributed by atoms with E-state index in [0.717, 1.165) is 73.6 Å². The van der Waals surface area contributed by atoms with Crippen molar-refractivity contribution in [3.63, 3.8) is 0 Å². The summed E-state index contributed by atoms with van der Waals surface area (Å²) in [5.41, 5.74) is 2.22. The molecule has 0 aliphatic carbocycles. The fraction of sp³-hybridized carbons (Fsp3) is 0.571. The highest BCUT2D eigenvalue weighted by atomic mass is 127. The smallest absolute Gasteiger partial charge is 0.191 e. The van der Waals surface area contributed by atoms with Crippen molar-refractivity contribution in [1.82, 2.24) is 20.6 Å². The van der Waals surface area contributed by atoms with Gasteiger partial charge in [0.25, 0.3) is 0 Å². The summed E-state index contributed by atoms with van der Waals surface area (Å²) in [5.74, 6) is 2.02. The maximum atomic E-state index is 4.79. The highest BCUT2D eigenvalue weighted by Crippen LogP contribution is 2.19. The predicted octanol–water partition coefficient (Wildman–Crippen LogP) is 3.85. The van der Waals surface area contributed by atoms with Crippen LogP contribution < -0.4 is 15.5 Å². The standard InChI is InChI=1S/C21H32N6S.HI/c1-5-22-21(23-12-9-19-16(3)25-17(4)28-19)26-18-10-13-27(14-11-18)20-8-6-7-15(2)24-20;/h6-8,18H,5,9-14H2,1-4H3,(H2,22,23,26);1H. The second-order valence-electron chi connectivity index (χ2n) is 7.29. The van der Waals surface area contributed by atoms with Gasteiger partial charge in [0.2, 0.25) is 0 Å². The summed E-state index contributed by atoms with van der Waals surface area (Å²) < 4.78 is 0. The fourth-order valence-corrected chi connectivity index (χ4v) is 4.47. The summed E-state index contributed by atoms with van der Waals surface area (Å²) in [4.78, 5) is 17.7. The summed E-state index contributed by atoms with van der Waals surface area (Å²) in [6.45, 7) is 12.0. The van der Waals surface area contributed by atoms with Gasteiger partial charge in [0.15, 0.2) is 5.96 Å². The molecule has 1 saturated heterocycles. The van der Waals surface area contributed by atoms with Crippen molar-refractivity contribution in [2.24, 2.45) is 4.99 Å². The van der Waals surface area contributed by atoms with Gasteiger partial charge in [-0.1, -0.05) is 6.07 Å². The average molecular weight is 529 g/mol. The number of nitrogens with one attached hydrogen (secondary N) is 2. The summed E-state index contributed by atoms with van der Waals surface area (Å²) in [5, 5.41) is 8.15. The van der Waals surface area contributed by atoms with Crippen LogP contribution in [-0.4, -0.2) is 48.1 Å². The van der Waals surface area contributed by atoms with Crippen LogP contribution in [0.25, 0.3) is 0 Å². The minimum absolute atomic E-state index is 0. The fourth-order valence-electron chi connectivity index (χ4n) is 3.55. The van der Waals surface area contributed by atoms with E-state index in [2.05, 4.69) is 58.4 Å². The Bertz CT molecular complexity index is 798. The first-order valence-corrected chi connectivity index (χ1v) is 11.0. The van der Waals surface area contributed by atoms with Crippen LogP contribution in [0.1, 0.15) is 41.0 Å². The van der Waals surface area contributed by atoms with E-state index in [9.17, 15) is 0 Å². The first kappa shape index (κ1) is 23.9. The number of nitrogens with zero attached hydrogens (tertiary/aromatic N) is 4. The quantitative estimate of drug-likeness (QED) is 0.339. The van der Waals surface area contributed by atoms with Gasteiger partial charge < -0.3 is 15.5 Å². The Morgan fingerprint density at radius 3 is 2.59 bits per heavy atom. The maximum absolute atomic E-state index is 4.79. The molecule has 3 rings (SSSR count). The van der Waals surface area contributed by atoms with Crippen molar-refractivity contribution in [2.45, 2.75) is 53.0 Å². The van der Waals surface area contributed by atoms with Gasteiger partial charge in [-0.15, -0.1) is 35.3 Å². The van der Waals surface area contributed by atoms with Crippen molar-refractivity contribution < 1.29 is 0 Å². The summed E-state index contributed by atoms with van der Waals surface area (Å²) in [6.07, 6.45) is 3.13. The molecule has 0 saturated carbocycles. The number of aryl methyl sites for hydroxylation is 3. The Kier molecular flexibility index (Phi) is 9.61. The number of pyridine rings is 1. The molecule has 6 nitrogen and oxygen atoms in total. The normalized spacial score (nSPS) is 15.2. The highest BCUT2D eigenvalue weighted by Gasteiger charge is 2.21. The highest BCUT2D eigenvalue weighted by molar-refractivity contribution is 14.0. The van der Waals surface area contributed by atoms with Crippen LogP contribution in [0.2, 0.25) is 0 Å². The van der Waals surface area contributed by atoms with Gasteiger partial charge in [-0.25, -0.2) is 9.97 Å². The first-order valence-electron chi connectivity index (χ1n) is 10.2. The lowest BCUT2D eigenvalue weighted by atomic mass is 10.1. The SMILES string of the molecule is CCNC(=NCCc1sc(C)nc1C)NC1CCN(c2cccc(C)n2)CC1.I. The third-order valence-corrected chi connectivity index (χ3v) is 6.12. The average Bonchev–Trinajstić information content (AvgIpc) is 2.99. The molecule has 160 valence electrons. The van der Waals surface area contributed by atoms with E-state index in [1.54, 1.807) is 11.3 Å². The molecule has 0 bridgehead atoms. The van der Waals surface area contributed by atoms with Crippen LogP contribution in [-0.2, 0) is 6.42 Å². The minimum Gasteiger partial charge on any atom is -0.357 e. The topological polar surface area (TPSA) is 65.4 Å². The number of hydrogen-bond acceptors (Lipinski definition) is 5. The Morgan fingerprint density at radius 1 is 1.21 bits per heavy atom. The van der Waals surface area contributed by atoms with E-state index in [0.29, 0.717) is 6.04 Å². The zero-order valence-corrected chi connectivity index (χ0v) is 21.0. The van der Waals surface area contributed by atoms with Gasteiger partial charge in [-0.3, -0.25) is 4.99 Å². The minimum atomic E-state index is 0. The summed E-state index contributed by atoms with van der Waals surface area (Å²) in [6, 6.07) is 6.69. The summed E-state index contributed by atoms with van der Waals surface area (Å²) in [7, 11) is 0. The van der Waals surface area contributed by atoms with Crippen molar-refractivity contribution >= 4 is 47.1 Å². The number of guanidine groups is 1. The van der Waals surface area contributed by atoms with Crippen molar-refractivity contribution in [2.75, 3.05) is 31.1 Å². The molecule has 0 aromatic carbocycles. The molecule has 29 heavy (non-hydrogen) atoms. The molecule has 8 heteroatoms. The molecule has 3 heterocycles. The maximum Gasteiger partial charge on any atom is 0.191 e. The first-order chi connectivity index (χ1) is 13.5. The zero-order chi connectivity index (χ0) is 19.9. The lowest BCUT2D eigenvalue weighted by Crippen LogP contribution is -2.49. The van der Waals surface area contributed by atoms with Crippen LogP contribution in [0.15, 0.2) is 23.2 Å². The van der Waals surface area contributed by atoms with E-state index in [-0.39, 0.29) is 24.0 Å². The third kappa shape index (κ3) is 7.09. The van der Waals surface area contributed by atoms with Gasteiger partial charge in [0, 0.05) is 49.2 Å². The lowest BCUT2D eigenvalue weighted by Gasteiger charge is -2.34. The van der Waals surface area contributed by atoms with Crippen LogP contribution in [0.3, 0.4) is 0 Å². The Labute approximate surface area is 195 Å². The molecule has 0 spiro atoms. The van der Waals surface area contributed by atoms with Gasteiger partial charge in [-0.2, -0.15) is 0 Å². The summed E-state index contributed by atoms with van der Waals surface area (Å²) >= 11 is 1.78. The van der Waals surface area contributed by atoms with Gasteiger partial charge in [0.1, 0.15) is 5.82 Å². The number of piperidine rings is 1. The van der Waals surface area contributed by atoms with Gasteiger partial charge >= 0.3 is 0 Å². The molecule has 0 amide bonds. The largest absolute Gasteiger partial charge is 0.357 e. The molecule has 0 unspecified atom stereocenters.